The van der Waals surface area contributed by atoms with Gasteiger partial charge in [-0.05, 0) is 48.9 Å². The Morgan fingerprint density at radius 3 is 2.69 bits per heavy atom. The number of alkyl halides is 3. The average Bonchev–Trinajstić information content (AvgIpc) is 3.22. The fourth-order valence-electron chi connectivity index (χ4n) is 3.81. The van der Waals surface area contributed by atoms with Crippen LogP contribution in [0.4, 0.5) is 30.2 Å². The molecule has 26 heavy (non-hydrogen) atoms. The first kappa shape index (κ1) is 15.9. The van der Waals surface area contributed by atoms with Crippen molar-refractivity contribution in [1.29, 1.82) is 0 Å². The van der Waals surface area contributed by atoms with E-state index >= 15 is 0 Å². The van der Waals surface area contributed by atoms with Crippen LogP contribution >= 0.6 is 11.8 Å². The fraction of sp³-hybridized carbons (Fsp3) is 0.263. The second-order valence-electron chi connectivity index (χ2n) is 6.84. The van der Waals surface area contributed by atoms with E-state index in [9.17, 15) is 13.2 Å². The molecule has 0 saturated heterocycles. The summed E-state index contributed by atoms with van der Waals surface area (Å²) in [5.74, 6) is 0. The van der Waals surface area contributed by atoms with E-state index in [1.165, 1.54) is 29.5 Å². The zero-order chi connectivity index (χ0) is 17.9. The Kier molecular flexibility index (Phi) is 3.44. The Morgan fingerprint density at radius 1 is 1.12 bits per heavy atom. The number of benzene rings is 2. The molecule has 5 rings (SSSR count). The number of anilines is 3. The lowest BCUT2D eigenvalue weighted by Crippen LogP contribution is -2.28. The van der Waals surface area contributed by atoms with Gasteiger partial charge < -0.3 is 16.0 Å². The van der Waals surface area contributed by atoms with Crippen molar-refractivity contribution in [3.63, 3.8) is 0 Å². The molecule has 3 nitrogen and oxygen atoms in total. The highest BCUT2D eigenvalue weighted by atomic mass is 32.2. The second kappa shape index (κ2) is 5.61. The molecule has 3 N–H and O–H groups in total. The molecule has 2 heterocycles. The topological polar surface area (TPSA) is 36.1 Å². The summed E-state index contributed by atoms with van der Waals surface area (Å²) < 4.78 is 40.3. The molecule has 3 aliphatic rings. The number of rotatable bonds is 2. The van der Waals surface area contributed by atoms with E-state index in [0.29, 0.717) is 16.6 Å². The molecule has 0 aromatic heterocycles. The van der Waals surface area contributed by atoms with Crippen molar-refractivity contribution in [2.45, 2.75) is 40.9 Å². The second-order valence-corrected chi connectivity index (χ2v) is 7.92. The van der Waals surface area contributed by atoms with Gasteiger partial charge in [0, 0.05) is 15.8 Å². The van der Waals surface area contributed by atoms with Gasteiger partial charge in [-0.25, -0.2) is 0 Å². The van der Waals surface area contributed by atoms with Crippen LogP contribution in [0.2, 0.25) is 0 Å². The van der Waals surface area contributed by atoms with Crippen molar-refractivity contribution in [2.75, 3.05) is 10.6 Å². The summed E-state index contributed by atoms with van der Waals surface area (Å²) in [5, 5.41) is 9.96. The minimum atomic E-state index is -4.38. The van der Waals surface area contributed by atoms with E-state index in [1.807, 2.05) is 30.5 Å². The molecule has 1 saturated carbocycles. The van der Waals surface area contributed by atoms with Crippen LogP contribution in [0, 0.1) is 0 Å². The minimum absolute atomic E-state index is 0.0813. The summed E-state index contributed by atoms with van der Waals surface area (Å²) >= 11 is 1.37. The summed E-state index contributed by atoms with van der Waals surface area (Å²) in [4.78, 5) is 1.52. The van der Waals surface area contributed by atoms with Gasteiger partial charge >= 0.3 is 6.18 Å². The molecule has 2 bridgehead atoms. The third kappa shape index (κ3) is 2.61. The molecule has 1 aliphatic carbocycles. The maximum absolute atomic E-state index is 13.4. The van der Waals surface area contributed by atoms with Gasteiger partial charge in [0.25, 0.3) is 0 Å². The van der Waals surface area contributed by atoms with E-state index in [4.69, 9.17) is 0 Å². The van der Waals surface area contributed by atoms with Gasteiger partial charge in [-0.2, -0.15) is 13.2 Å². The van der Waals surface area contributed by atoms with Crippen molar-refractivity contribution in [2.24, 2.45) is 0 Å². The van der Waals surface area contributed by atoms with E-state index in [1.54, 1.807) is 0 Å². The molecule has 0 amide bonds. The maximum atomic E-state index is 13.4. The third-order valence-electron chi connectivity index (χ3n) is 5.08. The van der Waals surface area contributed by atoms with Gasteiger partial charge in [0.2, 0.25) is 0 Å². The zero-order valence-electron chi connectivity index (χ0n) is 13.7. The summed E-state index contributed by atoms with van der Waals surface area (Å²) in [6.07, 6.45) is -0.535. The van der Waals surface area contributed by atoms with Gasteiger partial charge in [0.1, 0.15) is 0 Å². The largest absolute Gasteiger partial charge is 0.416 e. The van der Waals surface area contributed by atoms with Crippen LogP contribution < -0.4 is 16.0 Å². The fourth-order valence-corrected chi connectivity index (χ4v) is 4.87. The van der Waals surface area contributed by atoms with Crippen molar-refractivity contribution in [1.82, 2.24) is 5.32 Å². The number of nitrogens with one attached hydrogen (secondary N) is 3. The zero-order valence-corrected chi connectivity index (χ0v) is 14.5. The lowest BCUT2D eigenvalue weighted by atomic mass is 10.1. The smallest absolute Gasteiger partial charge is 0.388 e. The highest BCUT2D eigenvalue weighted by Gasteiger charge is 2.36. The average molecular weight is 375 g/mol. The van der Waals surface area contributed by atoms with E-state index < -0.39 is 11.7 Å². The van der Waals surface area contributed by atoms with Crippen LogP contribution in [0.15, 0.2) is 58.0 Å². The van der Waals surface area contributed by atoms with E-state index in [-0.39, 0.29) is 6.04 Å². The first-order valence-electron chi connectivity index (χ1n) is 8.48. The van der Waals surface area contributed by atoms with Gasteiger partial charge in [-0.3, -0.25) is 0 Å². The third-order valence-corrected chi connectivity index (χ3v) is 6.20. The number of para-hydroxylation sites is 1. The van der Waals surface area contributed by atoms with Crippen molar-refractivity contribution in [3.8, 4) is 0 Å². The maximum Gasteiger partial charge on any atom is 0.416 e. The van der Waals surface area contributed by atoms with Gasteiger partial charge in [0.15, 0.2) is 0 Å². The molecule has 2 aromatic rings. The molecule has 0 radical (unpaired) electrons. The number of hydrogen-bond donors (Lipinski definition) is 3. The molecular weight excluding hydrogens is 359 g/mol. The van der Waals surface area contributed by atoms with Crippen LogP contribution in [-0.2, 0) is 6.18 Å². The minimum Gasteiger partial charge on any atom is -0.388 e. The Bertz CT molecular complexity index is 923. The standard InChI is InChI=1S/C19H16F3N3S/c20-19(21,22)11-6-15(24-14-8-12-5-10(14)9-23-12)18-17(7-11)26-16-4-2-1-3-13(16)25-18/h1-4,6-7,9,12,14,23-25H,5,8H2. The number of fused-ring (bicyclic) bond motifs is 4. The summed E-state index contributed by atoms with van der Waals surface area (Å²) in [7, 11) is 0. The molecule has 2 unspecified atom stereocenters. The Hall–Kier alpha value is -2.28. The van der Waals surface area contributed by atoms with E-state index in [0.717, 1.165) is 29.1 Å². The predicted molar refractivity (Wildman–Crippen MR) is 96.9 cm³/mol. The summed E-state index contributed by atoms with van der Waals surface area (Å²) in [6, 6.07) is 10.6. The summed E-state index contributed by atoms with van der Waals surface area (Å²) in [5.41, 5.74) is 2.75. The van der Waals surface area contributed by atoms with Crippen LogP contribution in [0.3, 0.4) is 0 Å². The van der Waals surface area contributed by atoms with Crippen LogP contribution in [-0.4, -0.2) is 12.1 Å². The van der Waals surface area contributed by atoms with Crippen LogP contribution in [0.5, 0.6) is 0 Å². The van der Waals surface area contributed by atoms with Gasteiger partial charge in [0.05, 0.1) is 28.7 Å². The number of hydrogen-bond acceptors (Lipinski definition) is 4. The highest BCUT2D eigenvalue weighted by Crippen LogP contribution is 2.50. The lowest BCUT2D eigenvalue weighted by Gasteiger charge is -2.27. The molecule has 1 fully saturated rings. The predicted octanol–water partition coefficient (Wildman–Crippen LogP) is 5.34. The van der Waals surface area contributed by atoms with Crippen molar-refractivity contribution in [3.05, 3.63) is 53.7 Å². The normalized spacial score (nSPS) is 22.8. The first-order valence-corrected chi connectivity index (χ1v) is 9.30. The SMILES string of the molecule is FC(F)(F)c1cc(NC2CC3CC2=CN3)c2c(c1)Sc1ccccc1N2. The molecule has 134 valence electrons. The van der Waals surface area contributed by atoms with Gasteiger partial charge in [-0.1, -0.05) is 23.9 Å². The summed E-state index contributed by atoms with van der Waals surface area (Å²) in [6.45, 7) is 0. The molecule has 2 atom stereocenters. The highest BCUT2D eigenvalue weighted by molar-refractivity contribution is 7.99. The molecular formula is C19H16F3N3S. The quantitative estimate of drug-likeness (QED) is 0.565. The monoisotopic (exact) mass is 375 g/mol. The molecule has 0 spiro atoms. The van der Waals surface area contributed by atoms with Crippen LogP contribution in [0.25, 0.3) is 0 Å². The van der Waals surface area contributed by atoms with Gasteiger partial charge in [-0.15, -0.1) is 0 Å². The Morgan fingerprint density at radius 2 is 1.96 bits per heavy atom. The lowest BCUT2D eigenvalue weighted by molar-refractivity contribution is -0.137. The Balaban J connectivity index is 1.57. The first-order chi connectivity index (χ1) is 12.5. The molecule has 2 aromatic carbocycles. The molecule has 2 aliphatic heterocycles. The Labute approximate surface area is 153 Å². The number of halogens is 3. The van der Waals surface area contributed by atoms with Crippen molar-refractivity contribution >= 4 is 28.8 Å². The van der Waals surface area contributed by atoms with Crippen molar-refractivity contribution < 1.29 is 13.2 Å². The van der Waals surface area contributed by atoms with Crippen LogP contribution in [0.1, 0.15) is 18.4 Å². The van der Waals surface area contributed by atoms with E-state index in [2.05, 4.69) is 16.0 Å². The molecule has 7 heteroatoms.